The number of aliphatic carboxylic acids is 2. The molecule has 28 N–H and O–H groups in total. The Morgan fingerprint density at radius 1 is 0.637 bits per heavy atom. The third kappa shape index (κ3) is 48.5. The second-order valence-electron chi connectivity index (χ2n) is 35.9. The number of amides is 16. The smallest absolute Gasteiger partial charge is 0.317 e. The van der Waals surface area contributed by atoms with Crippen LogP contribution in [0.4, 0.5) is 0 Å². The third-order valence-electron chi connectivity index (χ3n) is 23.9. The zero-order valence-corrected chi connectivity index (χ0v) is 82.8. The highest BCUT2D eigenvalue weighted by molar-refractivity contribution is 6.01. The molecule has 2 fully saturated rings. The molecule has 0 spiro atoms. The van der Waals surface area contributed by atoms with Crippen LogP contribution in [0.25, 0.3) is 0 Å². The Labute approximate surface area is 846 Å². The number of carboxylic acid groups (broad SMARTS) is 2. The van der Waals surface area contributed by atoms with E-state index in [1.54, 1.807) is 61.7 Å². The topological polar surface area (TPSA) is 779 Å². The van der Waals surface area contributed by atoms with Crippen LogP contribution in [0.1, 0.15) is 204 Å². The maximum Gasteiger partial charge on any atom is 0.317 e. The van der Waals surface area contributed by atoms with Gasteiger partial charge in [-0.05, 0) is 91.3 Å². The zero-order valence-electron chi connectivity index (χ0n) is 82.8. The summed E-state index contributed by atoms with van der Waals surface area (Å²) in [4.78, 5) is 260. The summed E-state index contributed by atoms with van der Waals surface area (Å²) in [6.07, 6.45) is 21.9. The van der Waals surface area contributed by atoms with E-state index >= 15 is 28.8 Å². The van der Waals surface area contributed by atoms with Crippen molar-refractivity contribution in [3.8, 4) is 0 Å². The van der Waals surface area contributed by atoms with Crippen molar-refractivity contribution >= 4 is 112 Å². The molecule has 0 radical (unpaired) electrons. The van der Waals surface area contributed by atoms with Gasteiger partial charge in [-0.25, -0.2) is 10.1 Å². The molecule has 1 aromatic carbocycles. The van der Waals surface area contributed by atoms with Crippen LogP contribution < -0.4 is 97.0 Å². The van der Waals surface area contributed by atoms with Gasteiger partial charge >= 0.3 is 11.9 Å². The molecule has 0 unspecified atom stereocenters. The number of ether oxygens (including phenoxy) is 2. The van der Waals surface area contributed by atoms with Crippen LogP contribution in [-0.2, 0) is 115 Å². The number of carbonyl (C=O) groups excluding carboxylic acids is 16. The van der Waals surface area contributed by atoms with Crippen LogP contribution in [0.5, 0.6) is 0 Å². The molecule has 3 aliphatic rings. The molecule has 0 saturated carbocycles. The number of hydrogen-bond donors (Lipinski definition) is 25. The van der Waals surface area contributed by atoms with E-state index < -0.39 is 264 Å². The van der Waals surface area contributed by atoms with Crippen LogP contribution in [0.15, 0.2) is 91.1 Å². The molecule has 12 atom stereocenters. The summed E-state index contributed by atoms with van der Waals surface area (Å²) in [5.41, 5.74) is 18.4. The Hall–Kier alpha value is -14.2. The number of nitrogens with one attached hydrogen (secondary N) is 18. The number of unbranched alkanes of at least 4 members (excludes halogenated alkanes) is 13. The molecule has 2 aromatic heterocycles. The molecule has 16 amide bonds. The van der Waals surface area contributed by atoms with Gasteiger partial charge in [0, 0.05) is 103 Å². The fourth-order valence-electron chi connectivity index (χ4n) is 16.1. The van der Waals surface area contributed by atoms with Crippen molar-refractivity contribution < 1.29 is 116 Å². The first kappa shape index (κ1) is 120. The minimum absolute atomic E-state index is 0.00934. The maximum absolute atomic E-state index is 15.5. The summed E-state index contributed by atoms with van der Waals surface area (Å²) in [5.74, 6) is -18.6. The first-order valence-corrected chi connectivity index (χ1v) is 49.7. The molecule has 3 aliphatic heterocycles. The fraction of sp³-hybridized carbons (Fsp3) is 0.611. The lowest BCUT2D eigenvalue weighted by molar-refractivity contribution is -0.144. The van der Waals surface area contributed by atoms with Gasteiger partial charge < -0.3 is 137 Å². The van der Waals surface area contributed by atoms with Crippen molar-refractivity contribution in [1.29, 1.82) is 5.41 Å². The molecule has 6 rings (SSSR count). The molecular formula is C95H147N27O24. The van der Waals surface area contributed by atoms with Crippen molar-refractivity contribution in [2.24, 2.45) is 17.2 Å². The van der Waals surface area contributed by atoms with E-state index in [2.05, 4.69) is 117 Å². The Bertz CT molecular complexity index is 4800. The van der Waals surface area contributed by atoms with E-state index in [1.165, 1.54) is 63.9 Å². The lowest BCUT2D eigenvalue weighted by Crippen LogP contribution is -2.62. The first-order chi connectivity index (χ1) is 70.1. The molecule has 51 heteroatoms. The molecule has 3 aromatic rings. The van der Waals surface area contributed by atoms with Crippen LogP contribution in [0.2, 0.25) is 0 Å². The summed E-state index contributed by atoms with van der Waals surface area (Å²) in [6, 6.07) is -10.7. The molecule has 2 saturated heterocycles. The van der Waals surface area contributed by atoms with Gasteiger partial charge in [-0.1, -0.05) is 152 Å². The number of aliphatic hydroxyl groups excluding tert-OH is 2. The highest BCUT2D eigenvalue weighted by Gasteiger charge is 2.45. The van der Waals surface area contributed by atoms with Gasteiger partial charge in [-0.2, -0.15) is 0 Å². The number of carbonyl (C=O) groups is 18. The number of aromatic amines is 2. The van der Waals surface area contributed by atoms with Crippen molar-refractivity contribution in [1.82, 2.24) is 120 Å². The van der Waals surface area contributed by atoms with Gasteiger partial charge in [0.2, 0.25) is 94.5 Å². The number of nitrogens with two attached hydrogens (primary N) is 3. The van der Waals surface area contributed by atoms with Crippen LogP contribution >= 0.6 is 0 Å². The number of guanidine groups is 1. The Balaban J connectivity index is 1.15. The zero-order chi connectivity index (χ0) is 107. The number of carboxylic acids is 2. The quantitative estimate of drug-likeness (QED) is 0.0145. The van der Waals surface area contributed by atoms with Crippen molar-refractivity contribution in [2.75, 3.05) is 91.9 Å². The predicted octanol–water partition coefficient (Wildman–Crippen LogP) is -4.22. The molecule has 0 aliphatic carbocycles. The number of aromatic nitrogens is 6. The lowest BCUT2D eigenvalue weighted by Gasteiger charge is -2.31. The molecule has 806 valence electrons. The van der Waals surface area contributed by atoms with Gasteiger partial charge in [0.05, 0.1) is 64.2 Å². The van der Waals surface area contributed by atoms with Gasteiger partial charge in [-0.3, -0.25) is 96.6 Å². The lowest BCUT2D eigenvalue weighted by atomic mass is 9.98. The average Bonchev–Trinajstić information content (AvgIpc) is 1.60. The summed E-state index contributed by atoms with van der Waals surface area (Å²) < 4.78 is 10.8. The number of imidazole rings is 1. The second-order valence-corrected chi connectivity index (χ2v) is 35.9. The number of hydrogen-bond acceptors (Lipinski definition) is 29. The van der Waals surface area contributed by atoms with Crippen molar-refractivity contribution in [3.63, 3.8) is 0 Å². The SMILES string of the molecule is C=C1/C=C\C=C/CN/C=C\1C[C@@H]1NC(=O)[C@H](CCCNC(=N)N)NC(=O)[C@@H](Cc2ccccc2)NC(=O)[C@@H]2C[C@@H](O)CN2C(=O)[C@@H](NC(=O)[C@H](CCCC)NC(=O)[C@H](CN(CC(=O)O)CC(=O)O)NC(=O)[C@H](Cc2c[nH]cn2)NC(=O)[C@H](CCC(N)=O)NC(=O)[C@H](CO)NC(=O)CNC(=O)COCCOCCNC(=O)CCCCCCCCCCCCCCCc2nnn[nH]2)CCC(=O)NCCCC[C@@H](C(N)=O)NC1=O. The monoisotopic (exact) mass is 2050 g/mol. The minimum Gasteiger partial charge on any atom is -0.480 e. The number of aryl methyl sites for hydroxylation is 1. The summed E-state index contributed by atoms with van der Waals surface area (Å²) >= 11 is 0. The average molecular weight is 2050 g/mol. The molecule has 0 bridgehead atoms. The number of rotatable bonds is 61. The van der Waals surface area contributed by atoms with E-state index in [-0.39, 0.29) is 109 Å². The number of allylic oxidation sites excluding steroid dienone is 4. The Morgan fingerprint density at radius 3 is 1.91 bits per heavy atom. The number of benzene rings is 1. The van der Waals surface area contributed by atoms with Crippen molar-refractivity contribution in [2.45, 2.75) is 279 Å². The second kappa shape index (κ2) is 68.2. The minimum atomic E-state index is -2.11. The standard InChI is InChI=1S/C95H147N27O24/c1-3-4-30-66(85(135)112-69-36-38-79(127)102-40-25-23-31-65(84(97)134)108-89(139)71(47-62-50-100-39-24-17-18-27-60(62)2)113-86(136)67(32-26-41-104-95(98)99)109-88(138)70(46-61-28-19-16-20-29-61)115-93(143)75-49-64(124)53-122(75)94(69)144)110-91(141)73(54-121(55-82(130)131)56-83(132)133)116-90(140)72(48-63-51-101-59-106-63)114-87(137)68(35-37-76(96)125)111-92(142)74(57-123)107-80(128)52-105-81(129)58-146-45-44-145-43-42-103-78(126)34-22-15-13-11-9-7-5-6-8-10-12-14-21-33-77-117-119-120-118-77/h16-20,24,27-29,50-51,59,64-75,100,123-124H,2-15,21-23,25-26,30-49,52-58H2,1H3,(H2,96,125)(H2,97,134)(H,101,106)(H,102,127)(H,103,126)(H,105,129)(H,107,128)(H,108,139)(H,109,138)(H,110,141)(H,111,142)(H,112,135)(H,113,136)(H,114,137)(H,115,143)(H,116,140)(H,130,131)(H,132,133)(H4,98,99,104)(H,117,118,119,120)/b24-17-,27-18-,62-50-/t64-,65+,66+,67+,68+,69+,70-,71+,72+,73+,74+,75+/m1/s1. The Kier molecular flexibility index (Phi) is 56.2. The summed E-state index contributed by atoms with van der Waals surface area (Å²) in [7, 11) is 0. The largest absolute Gasteiger partial charge is 0.480 e. The number of nitrogens with zero attached hydrogens (tertiary/aromatic N) is 6. The highest BCUT2D eigenvalue weighted by atomic mass is 16.5. The summed E-state index contributed by atoms with van der Waals surface area (Å²) in [5, 5.41) is 102. The normalized spacial score (nSPS) is 19.6. The summed E-state index contributed by atoms with van der Waals surface area (Å²) in [6.45, 7) is 0.408. The molecule has 51 nitrogen and oxygen atoms in total. The van der Waals surface area contributed by atoms with Crippen LogP contribution in [0, 0.1) is 5.41 Å². The fourth-order valence-corrected chi connectivity index (χ4v) is 16.1. The first-order valence-electron chi connectivity index (χ1n) is 49.7. The van der Waals surface area contributed by atoms with E-state index in [0.29, 0.717) is 36.1 Å². The molecular weight excluding hydrogens is 1900 g/mol. The van der Waals surface area contributed by atoms with E-state index in [0.717, 1.165) is 54.1 Å². The predicted molar refractivity (Wildman–Crippen MR) is 527 cm³/mol. The van der Waals surface area contributed by atoms with Crippen LogP contribution in [0.3, 0.4) is 0 Å². The van der Waals surface area contributed by atoms with Gasteiger partial charge in [-0.15, -0.1) is 5.10 Å². The number of tetrazole rings is 1. The highest BCUT2D eigenvalue weighted by Crippen LogP contribution is 2.24. The number of aliphatic hydroxyl groups is 2. The van der Waals surface area contributed by atoms with Gasteiger partial charge in [0.1, 0.15) is 78.9 Å². The van der Waals surface area contributed by atoms with Gasteiger partial charge in [0.15, 0.2) is 5.96 Å². The van der Waals surface area contributed by atoms with E-state index in [4.69, 9.17) is 32.1 Å². The number of primary amides is 2. The molecule has 146 heavy (non-hydrogen) atoms. The van der Waals surface area contributed by atoms with Crippen molar-refractivity contribution in [3.05, 3.63) is 108 Å². The molecule has 5 heterocycles. The Morgan fingerprint density at radius 2 is 1.26 bits per heavy atom. The maximum atomic E-state index is 15.5. The van der Waals surface area contributed by atoms with E-state index in [9.17, 15) is 78.0 Å². The third-order valence-corrected chi connectivity index (χ3v) is 23.9. The van der Waals surface area contributed by atoms with Crippen LogP contribution in [-0.4, -0.2) is 338 Å². The van der Waals surface area contributed by atoms with E-state index in [1.807, 2.05) is 6.08 Å². The number of H-pyrrole nitrogens is 2. The van der Waals surface area contributed by atoms with Gasteiger partial charge in [0.25, 0.3) is 0 Å². The number of fused-ring (bicyclic) bond motifs is 1.